The fourth-order valence-electron chi connectivity index (χ4n) is 5.57. The number of anilines is 1. The Kier molecular flexibility index (Phi) is 5.72. The first-order chi connectivity index (χ1) is 18.3. The second kappa shape index (κ2) is 9.11. The standard InChI is InChI=1S/C29H23N3O5S/c1-15-24-25(16-8-10-17(11-9-16)28(34)35)26-20(13-18(14-22(26)33)23-7-4-12-38-23)30-27(24)32(31-15)21-6-3-2-5-19(21)29(36)37/h2-12,18,25,30H,13-14H2,1H3,(H,34,35)(H,36,37). The van der Waals surface area contributed by atoms with Crippen LogP contribution in [0.15, 0.2) is 77.3 Å². The molecular formula is C29H23N3O5S. The Bertz CT molecular complexity index is 1630. The van der Waals surface area contributed by atoms with Crippen LogP contribution in [0.5, 0.6) is 0 Å². The van der Waals surface area contributed by atoms with Gasteiger partial charge in [0.15, 0.2) is 5.78 Å². The second-order valence-corrected chi connectivity index (χ2v) is 10.5. The minimum atomic E-state index is -1.07. The van der Waals surface area contributed by atoms with Crippen LogP contribution >= 0.6 is 11.3 Å². The molecule has 38 heavy (non-hydrogen) atoms. The van der Waals surface area contributed by atoms with Gasteiger partial charge < -0.3 is 15.5 Å². The lowest BCUT2D eigenvalue weighted by Gasteiger charge is -2.35. The van der Waals surface area contributed by atoms with Crippen molar-refractivity contribution in [2.45, 2.75) is 31.6 Å². The van der Waals surface area contributed by atoms with Crippen LogP contribution in [-0.2, 0) is 4.79 Å². The summed E-state index contributed by atoms with van der Waals surface area (Å²) < 4.78 is 1.61. The highest BCUT2D eigenvalue weighted by atomic mass is 32.1. The van der Waals surface area contributed by atoms with Crippen LogP contribution in [0.2, 0.25) is 0 Å². The van der Waals surface area contributed by atoms with Crippen LogP contribution in [0.1, 0.15) is 67.1 Å². The molecule has 2 aromatic carbocycles. The Morgan fingerprint density at radius 3 is 2.45 bits per heavy atom. The Labute approximate surface area is 221 Å². The number of ketones is 1. The summed E-state index contributed by atoms with van der Waals surface area (Å²) in [6.45, 7) is 1.84. The lowest BCUT2D eigenvalue weighted by molar-refractivity contribution is -0.116. The molecule has 1 aliphatic carbocycles. The fraction of sp³-hybridized carbons (Fsp3) is 0.172. The number of hydrogen-bond donors (Lipinski definition) is 3. The maximum atomic E-state index is 13.7. The number of aromatic carboxylic acids is 2. The Balaban J connectivity index is 1.56. The highest BCUT2D eigenvalue weighted by Gasteiger charge is 2.41. The predicted molar refractivity (Wildman–Crippen MR) is 142 cm³/mol. The molecule has 3 N–H and O–H groups in total. The van der Waals surface area contributed by atoms with Crippen molar-refractivity contribution in [2.75, 3.05) is 5.32 Å². The third kappa shape index (κ3) is 3.83. The minimum Gasteiger partial charge on any atom is -0.478 e. The van der Waals surface area contributed by atoms with E-state index in [1.54, 1.807) is 58.5 Å². The molecule has 2 atom stereocenters. The van der Waals surface area contributed by atoms with Crippen LogP contribution in [0.4, 0.5) is 5.82 Å². The predicted octanol–water partition coefficient (Wildman–Crippen LogP) is 5.60. The van der Waals surface area contributed by atoms with Crippen LogP contribution < -0.4 is 5.32 Å². The number of allylic oxidation sites excluding steroid dienone is 2. The van der Waals surface area contributed by atoms with Crippen molar-refractivity contribution >= 4 is 34.9 Å². The van der Waals surface area contributed by atoms with E-state index in [2.05, 4.69) is 5.32 Å². The molecule has 0 radical (unpaired) electrons. The van der Waals surface area contributed by atoms with Gasteiger partial charge in [0.2, 0.25) is 0 Å². The maximum Gasteiger partial charge on any atom is 0.337 e. The fourth-order valence-corrected chi connectivity index (χ4v) is 6.40. The summed E-state index contributed by atoms with van der Waals surface area (Å²) in [4.78, 5) is 38.4. The van der Waals surface area contributed by atoms with Gasteiger partial charge in [0.25, 0.3) is 0 Å². The first kappa shape index (κ1) is 23.9. The molecule has 0 saturated heterocycles. The zero-order valence-corrected chi connectivity index (χ0v) is 21.2. The highest BCUT2D eigenvalue weighted by Crippen LogP contribution is 2.50. The van der Waals surface area contributed by atoms with Gasteiger partial charge in [-0.1, -0.05) is 30.3 Å². The smallest absolute Gasteiger partial charge is 0.337 e. The number of aryl methyl sites for hydroxylation is 1. The second-order valence-electron chi connectivity index (χ2n) is 9.50. The number of para-hydroxylation sites is 1. The van der Waals surface area contributed by atoms with E-state index in [0.29, 0.717) is 35.6 Å². The molecule has 0 fully saturated rings. The number of fused-ring (bicyclic) bond motifs is 1. The van der Waals surface area contributed by atoms with E-state index < -0.39 is 17.9 Å². The van der Waals surface area contributed by atoms with E-state index in [9.17, 15) is 24.6 Å². The zero-order valence-electron chi connectivity index (χ0n) is 20.3. The monoisotopic (exact) mass is 525 g/mol. The number of carboxylic acids is 2. The highest BCUT2D eigenvalue weighted by molar-refractivity contribution is 7.10. The first-order valence-corrected chi connectivity index (χ1v) is 13.0. The van der Waals surface area contributed by atoms with Gasteiger partial charge in [-0.25, -0.2) is 14.3 Å². The number of aromatic nitrogens is 2. The molecule has 6 rings (SSSR count). The van der Waals surface area contributed by atoms with Crippen LogP contribution in [0, 0.1) is 6.92 Å². The molecule has 3 heterocycles. The quantitative estimate of drug-likeness (QED) is 0.310. The largest absolute Gasteiger partial charge is 0.478 e. The molecule has 8 nitrogen and oxygen atoms in total. The van der Waals surface area contributed by atoms with Gasteiger partial charge in [0.05, 0.1) is 22.5 Å². The minimum absolute atomic E-state index is 0.0354. The summed E-state index contributed by atoms with van der Waals surface area (Å²) in [6.07, 6.45) is 1.00. The summed E-state index contributed by atoms with van der Waals surface area (Å²) in [5, 5.41) is 29.5. The number of rotatable bonds is 5. The average Bonchev–Trinajstić information content (AvgIpc) is 3.56. The van der Waals surface area contributed by atoms with E-state index in [0.717, 1.165) is 21.7 Å². The van der Waals surface area contributed by atoms with E-state index >= 15 is 0 Å². The zero-order chi connectivity index (χ0) is 26.6. The lowest BCUT2D eigenvalue weighted by Crippen LogP contribution is -2.30. The molecule has 0 bridgehead atoms. The number of carboxylic acid groups (broad SMARTS) is 2. The molecule has 2 unspecified atom stereocenters. The number of nitrogens with zero attached hydrogens (tertiary/aromatic N) is 2. The van der Waals surface area contributed by atoms with Crippen molar-refractivity contribution in [2.24, 2.45) is 0 Å². The average molecular weight is 526 g/mol. The summed E-state index contributed by atoms with van der Waals surface area (Å²) in [5.74, 6) is -1.87. The molecule has 0 saturated carbocycles. The molecule has 1 aliphatic heterocycles. The van der Waals surface area contributed by atoms with Crippen molar-refractivity contribution < 1.29 is 24.6 Å². The molecular weight excluding hydrogens is 502 g/mol. The van der Waals surface area contributed by atoms with Crippen molar-refractivity contribution in [1.29, 1.82) is 0 Å². The Morgan fingerprint density at radius 1 is 1.00 bits per heavy atom. The maximum absolute atomic E-state index is 13.7. The van der Waals surface area contributed by atoms with Gasteiger partial charge in [-0.05, 0) is 54.6 Å². The number of carbonyl (C=O) groups is 3. The summed E-state index contributed by atoms with van der Waals surface area (Å²) in [7, 11) is 0. The Morgan fingerprint density at radius 2 is 1.76 bits per heavy atom. The van der Waals surface area contributed by atoms with Gasteiger partial charge in [0.1, 0.15) is 5.82 Å². The van der Waals surface area contributed by atoms with Crippen LogP contribution in [0.3, 0.4) is 0 Å². The van der Waals surface area contributed by atoms with Crippen molar-refractivity contribution in [3.8, 4) is 5.69 Å². The van der Waals surface area contributed by atoms with Crippen molar-refractivity contribution in [3.63, 3.8) is 0 Å². The van der Waals surface area contributed by atoms with Crippen molar-refractivity contribution in [3.05, 3.63) is 110 Å². The molecule has 2 aliphatic rings. The normalized spacial score (nSPS) is 18.5. The number of nitrogens with one attached hydrogen (secondary N) is 1. The number of Topliss-reactive ketones (excluding diaryl/α,β-unsaturated/α-hetero) is 1. The van der Waals surface area contributed by atoms with E-state index in [4.69, 9.17) is 5.10 Å². The number of benzene rings is 2. The van der Waals surface area contributed by atoms with E-state index in [-0.39, 0.29) is 22.8 Å². The molecule has 2 aromatic heterocycles. The third-order valence-electron chi connectivity index (χ3n) is 7.26. The summed E-state index contributed by atoms with van der Waals surface area (Å²) in [5.41, 5.74) is 4.33. The third-order valence-corrected chi connectivity index (χ3v) is 8.30. The van der Waals surface area contributed by atoms with Gasteiger partial charge in [-0.3, -0.25) is 4.79 Å². The van der Waals surface area contributed by atoms with Gasteiger partial charge >= 0.3 is 11.9 Å². The molecule has 0 spiro atoms. The van der Waals surface area contributed by atoms with Crippen LogP contribution in [-0.4, -0.2) is 37.7 Å². The molecule has 0 amide bonds. The SMILES string of the molecule is Cc1nn(-c2ccccc2C(=O)O)c2c1C(c1ccc(C(=O)O)cc1)C1=C(CC(c3cccs3)CC1=O)N2. The summed E-state index contributed by atoms with van der Waals surface area (Å²) in [6, 6.07) is 17.3. The van der Waals surface area contributed by atoms with Gasteiger partial charge in [-0.15, -0.1) is 11.3 Å². The number of carbonyl (C=O) groups excluding carboxylic acids is 1. The number of hydrogen-bond acceptors (Lipinski definition) is 6. The lowest BCUT2D eigenvalue weighted by atomic mass is 9.73. The summed E-state index contributed by atoms with van der Waals surface area (Å²) >= 11 is 1.63. The van der Waals surface area contributed by atoms with Crippen LogP contribution in [0.25, 0.3) is 5.69 Å². The number of thiophene rings is 1. The van der Waals surface area contributed by atoms with Gasteiger partial charge in [-0.2, -0.15) is 5.10 Å². The topological polar surface area (TPSA) is 122 Å². The molecule has 9 heteroatoms. The Hall–Kier alpha value is -4.50. The van der Waals surface area contributed by atoms with Crippen molar-refractivity contribution in [1.82, 2.24) is 9.78 Å². The molecule has 4 aromatic rings. The van der Waals surface area contributed by atoms with E-state index in [1.807, 2.05) is 24.4 Å². The first-order valence-electron chi connectivity index (χ1n) is 12.2. The molecule has 190 valence electrons. The van der Waals surface area contributed by atoms with Gasteiger partial charge in [0, 0.05) is 40.0 Å². The van der Waals surface area contributed by atoms with E-state index in [1.165, 1.54) is 6.07 Å².